The first-order valence-electron chi connectivity index (χ1n) is 6.67. The molecule has 1 amide bonds. The lowest BCUT2D eigenvalue weighted by Crippen LogP contribution is -2.23. The number of nitrogens with one attached hydrogen (secondary N) is 1. The van der Waals surface area contributed by atoms with Crippen LogP contribution in [0.2, 0.25) is 0 Å². The Morgan fingerprint density at radius 1 is 1.43 bits per heavy atom. The number of nitrogens with zero attached hydrogens (tertiary/aromatic N) is 1. The Hall–Kier alpha value is -1.92. The lowest BCUT2D eigenvalue weighted by Gasteiger charge is -2.04. The van der Waals surface area contributed by atoms with Crippen molar-refractivity contribution in [3.8, 4) is 17.0 Å². The number of rotatable bonds is 5. The second kappa shape index (κ2) is 6.69. The van der Waals surface area contributed by atoms with E-state index in [9.17, 15) is 4.79 Å². The number of hydrogen-bond donors (Lipinski definition) is 2. The average Bonchev–Trinajstić information content (AvgIpc) is 2.78. The highest BCUT2D eigenvalue weighted by atomic mass is 32.1. The number of aryl methyl sites for hydroxylation is 1. The van der Waals surface area contributed by atoms with Gasteiger partial charge in [0.2, 0.25) is 5.91 Å². The number of amides is 1. The number of methoxy groups -OCH3 is 1. The van der Waals surface area contributed by atoms with Crippen LogP contribution in [0.4, 0.5) is 5.13 Å². The lowest BCUT2D eigenvalue weighted by atomic mass is 10.1. The molecule has 1 heterocycles. The summed E-state index contributed by atoms with van der Waals surface area (Å²) in [6.45, 7) is 3.79. The van der Waals surface area contributed by atoms with E-state index in [1.54, 1.807) is 14.0 Å². The van der Waals surface area contributed by atoms with E-state index in [1.165, 1.54) is 11.3 Å². The highest BCUT2D eigenvalue weighted by Crippen LogP contribution is 2.31. The summed E-state index contributed by atoms with van der Waals surface area (Å²) in [6, 6.07) is 7.53. The molecule has 0 saturated carbocycles. The van der Waals surface area contributed by atoms with E-state index >= 15 is 0 Å². The number of carbonyl (C=O) groups excluding carboxylic acids is 1. The fourth-order valence-electron chi connectivity index (χ4n) is 1.93. The van der Waals surface area contributed by atoms with Crippen LogP contribution < -0.4 is 15.8 Å². The topological polar surface area (TPSA) is 77.2 Å². The number of aromatic nitrogens is 1. The maximum atomic E-state index is 11.7. The van der Waals surface area contributed by atoms with Gasteiger partial charge >= 0.3 is 0 Å². The standard InChI is InChI=1S/C15H19N3O2S/c1-9(16)8-13(19)17-15-18-14(10(2)21-15)11-4-6-12(20-3)7-5-11/h4-7,9H,8,16H2,1-3H3,(H,17,18,19). The fourth-order valence-corrected chi connectivity index (χ4v) is 2.78. The van der Waals surface area contributed by atoms with Crippen molar-refractivity contribution in [1.82, 2.24) is 4.98 Å². The van der Waals surface area contributed by atoms with Gasteiger partial charge in [-0.3, -0.25) is 4.79 Å². The Kier molecular flexibility index (Phi) is 4.93. The van der Waals surface area contributed by atoms with Crippen LogP contribution in [0.25, 0.3) is 11.3 Å². The largest absolute Gasteiger partial charge is 0.497 e. The summed E-state index contributed by atoms with van der Waals surface area (Å²) in [6.07, 6.45) is 0.288. The summed E-state index contributed by atoms with van der Waals surface area (Å²) in [5.74, 6) is 0.692. The monoisotopic (exact) mass is 305 g/mol. The lowest BCUT2D eigenvalue weighted by molar-refractivity contribution is -0.116. The summed E-state index contributed by atoms with van der Waals surface area (Å²) in [7, 11) is 1.63. The van der Waals surface area contributed by atoms with Crippen molar-refractivity contribution >= 4 is 22.4 Å². The first kappa shape index (κ1) is 15.5. The Morgan fingerprint density at radius 3 is 2.67 bits per heavy atom. The van der Waals surface area contributed by atoms with Gasteiger partial charge in [0.1, 0.15) is 5.75 Å². The number of hydrogen-bond acceptors (Lipinski definition) is 5. The van der Waals surface area contributed by atoms with Gasteiger partial charge in [-0.2, -0.15) is 0 Å². The van der Waals surface area contributed by atoms with Crippen LogP contribution in [0.3, 0.4) is 0 Å². The Bertz CT molecular complexity index is 620. The van der Waals surface area contributed by atoms with Gasteiger partial charge in [-0.25, -0.2) is 4.98 Å². The molecule has 21 heavy (non-hydrogen) atoms. The molecule has 5 nitrogen and oxygen atoms in total. The van der Waals surface area contributed by atoms with Crippen molar-refractivity contribution in [2.75, 3.05) is 12.4 Å². The SMILES string of the molecule is COc1ccc(-c2nc(NC(=O)CC(C)N)sc2C)cc1. The molecule has 0 saturated heterocycles. The minimum absolute atomic E-state index is 0.111. The van der Waals surface area contributed by atoms with Crippen LogP contribution in [-0.4, -0.2) is 24.0 Å². The van der Waals surface area contributed by atoms with E-state index in [0.717, 1.165) is 21.9 Å². The molecule has 1 atom stereocenters. The Labute approximate surface area is 128 Å². The maximum Gasteiger partial charge on any atom is 0.227 e. The number of carbonyl (C=O) groups is 1. The number of nitrogens with two attached hydrogens (primary N) is 1. The zero-order valence-corrected chi connectivity index (χ0v) is 13.2. The molecular formula is C15H19N3O2S. The highest BCUT2D eigenvalue weighted by Gasteiger charge is 2.13. The van der Waals surface area contributed by atoms with Crippen molar-refractivity contribution in [1.29, 1.82) is 0 Å². The zero-order valence-electron chi connectivity index (χ0n) is 12.3. The van der Waals surface area contributed by atoms with Crippen LogP contribution in [0.1, 0.15) is 18.2 Å². The van der Waals surface area contributed by atoms with Crippen molar-refractivity contribution in [3.63, 3.8) is 0 Å². The third kappa shape index (κ3) is 4.03. The molecule has 0 bridgehead atoms. The van der Waals surface area contributed by atoms with Crippen LogP contribution in [0, 0.1) is 6.92 Å². The van der Waals surface area contributed by atoms with E-state index in [-0.39, 0.29) is 18.4 Å². The number of ether oxygens (including phenoxy) is 1. The molecule has 0 aliphatic rings. The fraction of sp³-hybridized carbons (Fsp3) is 0.333. The summed E-state index contributed by atoms with van der Waals surface area (Å²) >= 11 is 1.46. The molecule has 0 radical (unpaired) electrons. The second-order valence-electron chi connectivity index (χ2n) is 4.88. The summed E-state index contributed by atoms with van der Waals surface area (Å²) in [4.78, 5) is 17.3. The molecule has 0 spiro atoms. The molecular weight excluding hydrogens is 286 g/mol. The molecule has 0 aliphatic carbocycles. The molecule has 0 fully saturated rings. The minimum atomic E-state index is -0.160. The molecule has 2 rings (SSSR count). The van der Waals surface area contributed by atoms with Crippen LogP contribution in [-0.2, 0) is 4.79 Å². The average molecular weight is 305 g/mol. The van der Waals surface area contributed by atoms with Gasteiger partial charge in [-0.05, 0) is 38.1 Å². The highest BCUT2D eigenvalue weighted by molar-refractivity contribution is 7.16. The normalized spacial score (nSPS) is 12.0. The number of anilines is 1. The molecule has 2 aromatic rings. The van der Waals surface area contributed by atoms with E-state index in [4.69, 9.17) is 10.5 Å². The van der Waals surface area contributed by atoms with Crippen molar-refractivity contribution < 1.29 is 9.53 Å². The Morgan fingerprint density at radius 2 is 2.10 bits per heavy atom. The summed E-state index contributed by atoms with van der Waals surface area (Å²) in [5.41, 5.74) is 7.48. The van der Waals surface area contributed by atoms with Gasteiger partial charge in [0.15, 0.2) is 5.13 Å². The van der Waals surface area contributed by atoms with Gasteiger partial charge in [0.05, 0.1) is 12.8 Å². The molecule has 3 N–H and O–H groups in total. The molecule has 0 aliphatic heterocycles. The van der Waals surface area contributed by atoms with Gasteiger partial charge in [0, 0.05) is 22.9 Å². The summed E-state index contributed by atoms with van der Waals surface area (Å²) in [5, 5.41) is 3.39. The molecule has 112 valence electrons. The quantitative estimate of drug-likeness (QED) is 0.890. The zero-order chi connectivity index (χ0) is 15.4. The van der Waals surface area contributed by atoms with E-state index in [2.05, 4.69) is 10.3 Å². The smallest absolute Gasteiger partial charge is 0.227 e. The first-order valence-corrected chi connectivity index (χ1v) is 7.48. The maximum absolute atomic E-state index is 11.7. The number of thiazole rings is 1. The second-order valence-corrected chi connectivity index (χ2v) is 6.09. The van der Waals surface area contributed by atoms with E-state index in [1.807, 2.05) is 31.2 Å². The van der Waals surface area contributed by atoms with Crippen molar-refractivity contribution in [2.45, 2.75) is 26.3 Å². The third-order valence-electron chi connectivity index (χ3n) is 2.91. The predicted molar refractivity (Wildman–Crippen MR) is 85.7 cm³/mol. The van der Waals surface area contributed by atoms with Crippen LogP contribution >= 0.6 is 11.3 Å². The molecule has 1 unspecified atom stereocenters. The first-order chi connectivity index (χ1) is 9.99. The molecule has 1 aromatic heterocycles. The van der Waals surface area contributed by atoms with Crippen LogP contribution in [0.15, 0.2) is 24.3 Å². The third-order valence-corrected chi connectivity index (χ3v) is 3.80. The Balaban J connectivity index is 2.16. The summed E-state index contributed by atoms with van der Waals surface area (Å²) < 4.78 is 5.14. The van der Waals surface area contributed by atoms with Crippen LogP contribution in [0.5, 0.6) is 5.75 Å². The number of benzene rings is 1. The van der Waals surface area contributed by atoms with Gasteiger partial charge in [-0.1, -0.05) is 0 Å². The minimum Gasteiger partial charge on any atom is -0.497 e. The van der Waals surface area contributed by atoms with Gasteiger partial charge < -0.3 is 15.8 Å². The van der Waals surface area contributed by atoms with Gasteiger partial charge in [-0.15, -0.1) is 11.3 Å². The molecule has 1 aromatic carbocycles. The van der Waals surface area contributed by atoms with E-state index in [0.29, 0.717) is 5.13 Å². The van der Waals surface area contributed by atoms with Crippen molar-refractivity contribution in [2.24, 2.45) is 5.73 Å². The molecule has 6 heteroatoms. The van der Waals surface area contributed by atoms with E-state index < -0.39 is 0 Å². The predicted octanol–water partition coefficient (Wildman–Crippen LogP) is 2.80. The van der Waals surface area contributed by atoms with Gasteiger partial charge in [0.25, 0.3) is 0 Å². The van der Waals surface area contributed by atoms with Crippen molar-refractivity contribution in [3.05, 3.63) is 29.1 Å².